The SMILES string of the molecule is CCCCOc1ccc(NC(=S)NC(=O)c2ccnn2-c2ccccc2)cc1. The van der Waals surface area contributed by atoms with Crippen LogP contribution in [0.5, 0.6) is 5.75 Å². The number of nitrogens with zero attached hydrogens (tertiary/aromatic N) is 2. The van der Waals surface area contributed by atoms with Crippen LogP contribution >= 0.6 is 12.2 Å². The van der Waals surface area contributed by atoms with E-state index in [1.807, 2.05) is 54.6 Å². The number of carbonyl (C=O) groups is 1. The summed E-state index contributed by atoms with van der Waals surface area (Å²) in [6, 6.07) is 18.5. The van der Waals surface area contributed by atoms with E-state index in [-0.39, 0.29) is 11.0 Å². The molecule has 0 spiro atoms. The lowest BCUT2D eigenvalue weighted by atomic mass is 10.3. The van der Waals surface area contributed by atoms with Crippen LogP contribution in [-0.4, -0.2) is 27.4 Å². The fourth-order valence-corrected chi connectivity index (χ4v) is 2.76. The summed E-state index contributed by atoms with van der Waals surface area (Å²) in [5.41, 5.74) is 1.97. The Morgan fingerprint density at radius 1 is 1.11 bits per heavy atom. The summed E-state index contributed by atoms with van der Waals surface area (Å²) in [6.07, 6.45) is 3.70. The monoisotopic (exact) mass is 394 g/mol. The van der Waals surface area contributed by atoms with Gasteiger partial charge in [0.05, 0.1) is 18.5 Å². The highest BCUT2D eigenvalue weighted by atomic mass is 32.1. The molecule has 0 saturated heterocycles. The molecule has 0 bridgehead atoms. The number of anilines is 1. The van der Waals surface area contributed by atoms with E-state index in [0.29, 0.717) is 12.3 Å². The second kappa shape index (κ2) is 9.66. The van der Waals surface area contributed by atoms with Gasteiger partial charge in [0, 0.05) is 5.69 Å². The molecule has 1 heterocycles. The van der Waals surface area contributed by atoms with E-state index in [9.17, 15) is 4.79 Å². The van der Waals surface area contributed by atoms with Crippen LogP contribution in [0.1, 0.15) is 30.3 Å². The predicted octanol–water partition coefficient (Wildman–Crippen LogP) is 4.18. The van der Waals surface area contributed by atoms with Crippen LogP contribution in [0.15, 0.2) is 66.9 Å². The summed E-state index contributed by atoms with van der Waals surface area (Å²) in [5.74, 6) is 0.471. The standard InChI is InChI=1S/C21H22N4O2S/c1-2-3-15-27-18-11-9-16(10-12-18)23-21(28)24-20(26)19-13-14-22-25(19)17-7-5-4-6-8-17/h4-14H,2-3,15H2,1H3,(H2,23,24,26,28). The molecule has 0 aliphatic carbocycles. The third-order valence-corrected chi connectivity index (χ3v) is 4.19. The number of carbonyl (C=O) groups excluding carboxylic acids is 1. The summed E-state index contributed by atoms with van der Waals surface area (Å²) in [5, 5.41) is 10.1. The Balaban J connectivity index is 1.58. The molecule has 2 N–H and O–H groups in total. The van der Waals surface area contributed by atoms with Crippen molar-refractivity contribution >= 4 is 28.9 Å². The zero-order chi connectivity index (χ0) is 19.8. The topological polar surface area (TPSA) is 68.2 Å². The third kappa shape index (κ3) is 5.17. The van der Waals surface area contributed by atoms with Crippen LogP contribution < -0.4 is 15.4 Å². The molecule has 0 fully saturated rings. The van der Waals surface area contributed by atoms with Crippen LogP contribution in [0.4, 0.5) is 5.69 Å². The highest BCUT2D eigenvalue weighted by molar-refractivity contribution is 7.80. The summed E-state index contributed by atoms with van der Waals surface area (Å²) >= 11 is 5.26. The summed E-state index contributed by atoms with van der Waals surface area (Å²) < 4.78 is 7.20. The average Bonchev–Trinajstić information content (AvgIpc) is 3.20. The van der Waals surface area contributed by atoms with Gasteiger partial charge in [-0.1, -0.05) is 31.5 Å². The molecular formula is C21H22N4O2S. The van der Waals surface area contributed by atoms with Gasteiger partial charge in [0.25, 0.3) is 5.91 Å². The minimum atomic E-state index is -0.335. The third-order valence-electron chi connectivity index (χ3n) is 3.98. The van der Waals surface area contributed by atoms with Crippen molar-refractivity contribution < 1.29 is 9.53 Å². The molecule has 0 atom stereocenters. The predicted molar refractivity (Wildman–Crippen MR) is 114 cm³/mol. The molecule has 7 heteroatoms. The van der Waals surface area contributed by atoms with Gasteiger partial charge in [-0.05, 0) is 61.1 Å². The number of rotatable bonds is 7. The van der Waals surface area contributed by atoms with Crippen molar-refractivity contribution in [3.63, 3.8) is 0 Å². The molecule has 3 aromatic rings. The smallest absolute Gasteiger partial charge is 0.276 e. The Morgan fingerprint density at radius 3 is 2.57 bits per heavy atom. The quantitative estimate of drug-likeness (QED) is 0.465. The highest BCUT2D eigenvalue weighted by Gasteiger charge is 2.14. The number of hydrogen-bond donors (Lipinski definition) is 2. The van der Waals surface area contributed by atoms with Gasteiger partial charge in [-0.2, -0.15) is 5.10 Å². The average molecular weight is 395 g/mol. The molecule has 0 radical (unpaired) electrons. The van der Waals surface area contributed by atoms with E-state index in [1.54, 1.807) is 16.9 Å². The lowest BCUT2D eigenvalue weighted by molar-refractivity contribution is 0.0970. The van der Waals surface area contributed by atoms with E-state index in [1.165, 1.54) is 0 Å². The first-order valence-corrected chi connectivity index (χ1v) is 9.53. The Labute approximate surface area is 169 Å². The molecule has 0 saturated carbocycles. The highest BCUT2D eigenvalue weighted by Crippen LogP contribution is 2.16. The molecule has 1 amide bonds. The van der Waals surface area contributed by atoms with Gasteiger partial charge in [0.2, 0.25) is 0 Å². The van der Waals surface area contributed by atoms with Gasteiger partial charge in [-0.15, -0.1) is 0 Å². The van der Waals surface area contributed by atoms with E-state index in [2.05, 4.69) is 22.7 Å². The fourth-order valence-electron chi connectivity index (χ4n) is 2.55. The van der Waals surface area contributed by atoms with E-state index in [0.717, 1.165) is 30.0 Å². The first-order chi connectivity index (χ1) is 13.7. The summed E-state index contributed by atoms with van der Waals surface area (Å²) in [4.78, 5) is 12.6. The molecule has 0 aliphatic rings. The van der Waals surface area contributed by atoms with Crippen LogP contribution in [-0.2, 0) is 0 Å². The zero-order valence-electron chi connectivity index (χ0n) is 15.6. The number of unbranched alkanes of at least 4 members (excludes halogenated alkanes) is 1. The first kappa shape index (κ1) is 19.6. The number of hydrogen-bond acceptors (Lipinski definition) is 4. The van der Waals surface area contributed by atoms with Gasteiger partial charge in [-0.3, -0.25) is 10.1 Å². The van der Waals surface area contributed by atoms with Crippen molar-refractivity contribution in [2.75, 3.05) is 11.9 Å². The van der Waals surface area contributed by atoms with Crippen molar-refractivity contribution in [2.24, 2.45) is 0 Å². The Hall–Kier alpha value is -3.19. The van der Waals surface area contributed by atoms with Crippen LogP contribution in [0, 0.1) is 0 Å². The van der Waals surface area contributed by atoms with Gasteiger partial charge in [-0.25, -0.2) is 4.68 Å². The first-order valence-electron chi connectivity index (χ1n) is 9.12. The molecule has 0 aliphatic heterocycles. The maximum atomic E-state index is 12.6. The lowest BCUT2D eigenvalue weighted by Gasteiger charge is -2.11. The summed E-state index contributed by atoms with van der Waals surface area (Å²) in [7, 11) is 0. The number of para-hydroxylation sites is 1. The van der Waals surface area contributed by atoms with Gasteiger partial charge in [0.1, 0.15) is 11.4 Å². The van der Waals surface area contributed by atoms with Crippen LogP contribution in [0.2, 0.25) is 0 Å². The van der Waals surface area contributed by atoms with E-state index >= 15 is 0 Å². The van der Waals surface area contributed by atoms with E-state index in [4.69, 9.17) is 17.0 Å². The van der Waals surface area contributed by atoms with Crippen LogP contribution in [0.3, 0.4) is 0 Å². The minimum Gasteiger partial charge on any atom is -0.494 e. The normalized spacial score (nSPS) is 10.3. The van der Waals surface area contributed by atoms with Gasteiger partial charge >= 0.3 is 0 Å². The Kier molecular flexibility index (Phi) is 6.75. The van der Waals surface area contributed by atoms with Crippen molar-refractivity contribution in [1.29, 1.82) is 0 Å². The molecule has 3 rings (SSSR count). The number of aromatic nitrogens is 2. The van der Waals surface area contributed by atoms with Crippen molar-refractivity contribution in [3.05, 3.63) is 72.6 Å². The Bertz CT molecular complexity index is 923. The van der Waals surface area contributed by atoms with Crippen molar-refractivity contribution in [3.8, 4) is 11.4 Å². The zero-order valence-corrected chi connectivity index (χ0v) is 16.4. The van der Waals surface area contributed by atoms with Crippen LogP contribution in [0.25, 0.3) is 5.69 Å². The van der Waals surface area contributed by atoms with E-state index < -0.39 is 0 Å². The molecule has 144 valence electrons. The molecule has 1 aromatic heterocycles. The molecular weight excluding hydrogens is 372 g/mol. The lowest BCUT2D eigenvalue weighted by Crippen LogP contribution is -2.35. The minimum absolute atomic E-state index is 0.213. The maximum absolute atomic E-state index is 12.6. The number of benzene rings is 2. The number of amides is 1. The molecule has 2 aromatic carbocycles. The summed E-state index contributed by atoms with van der Waals surface area (Å²) in [6.45, 7) is 2.82. The molecule has 0 unspecified atom stereocenters. The van der Waals surface area contributed by atoms with Crippen molar-refractivity contribution in [2.45, 2.75) is 19.8 Å². The Morgan fingerprint density at radius 2 is 1.86 bits per heavy atom. The maximum Gasteiger partial charge on any atom is 0.276 e. The largest absolute Gasteiger partial charge is 0.494 e. The number of nitrogens with one attached hydrogen (secondary N) is 2. The van der Waals surface area contributed by atoms with Gasteiger partial charge in [0.15, 0.2) is 5.11 Å². The second-order valence-electron chi connectivity index (χ2n) is 6.10. The second-order valence-corrected chi connectivity index (χ2v) is 6.51. The molecule has 6 nitrogen and oxygen atoms in total. The number of ether oxygens (including phenoxy) is 1. The fraction of sp³-hybridized carbons (Fsp3) is 0.190. The van der Waals surface area contributed by atoms with Gasteiger partial charge < -0.3 is 10.1 Å². The van der Waals surface area contributed by atoms with Crippen molar-refractivity contribution in [1.82, 2.24) is 15.1 Å². The number of thiocarbonyl (C=S) groups is 1. The molecule has 28 heavy (non-hydrogen) atoms.